The summed E-state index contributed by atoms with van der Waals surface area (Å²) >= 11 is 0. The Morgan fingerprint density at radius 1 is 0.714 bits per heavy atom. The number of imide groups is 1. The van der Waals surface area contributed by atoms with Crippen molar-refractivity contribution in [3.05, 3.63) is 10.6 Å². The number of carbonyl (C=O) groups is 2. The predicted octanol–water partition coefficient (Wildman–Crippen LogP) is 3.96. The first-order valence-corrected chi connectivity index (χ1v) is 11.0. The maximum atomic E-state index is 12.5. The molecule has 1 N–H and O–H groups in total. The molecule has 0 radical (unpaired) electrons. The molecule has 116 valence electrons. The van der Waals surface area contributed by atoms with E-state index in [1.54, 1.807) is 0 Å². The molecule has 0 spiro atoms. The first-order chi connectivity index (χ1) is 9.91. The quantitative estimate of drug-likeness (QED) is 0.617. The van der Waals surface area contributed by atoms with Crippen LogP contribution in [0.1, 0.15) is 53.4 Å². The maximum absolute atomic E-state index is 12.5. The normalized spacial score (nSPS) is 38.7. The zero-order chi connectivity index (χ0) is 15.3. The van der Waals surface area contributed by atoms with Crippen LogP contribution in [0.25, 0.3) is 0 Å². The van der Waals surface area contributed by atoms with Crippen molar-refractivity contribution < 1.29 is 9.59 Å². The van der Waals surface area contributed by atoms with Crippen molar-refractivity contribution in [1.29, 1.82) is 0 Å². The Hall–Kier alpha value is -0.260. The largest absolute Gasteiger partial charge is 0.288 e. The molecule has 3 nitrogen and oxygen atoms in total. The molecule has 3 aliphatic heterocycles. The molecule has 0 bridgehead atoms. The maximum Gasteiger partial charge on any atom is 0.259 e. The molecule has 0 aliphatic carbocycles. The molecule has 21 heavy (non-hydrogen) atoms. The fourth-order valence-electron chi connectivity index (χ4n) is 4.19. The van der Waals surface area contributed by atoms with Gasteiger partial charge in [0, 0.05) is 0 Å². The molecule has 0 unspecified atom stereocenters. The molecule has 5 heteroatoms. The molecular formula is C16H25NO2P2. The highest BCUT2D eigenvalue weighted by Gasteiger charge is 2.47. The number of hydrogen-bond acceptors (Lipinski definition) is 2. The Morgan fingerprint density at radius 2 is 1.00 bits per heavy atom. The van der Waals surface area contributed by atoms with E-state index in [9.17, 15) is 9.59 Å². The van der Waals surface area contributed by atoms with Crippen molar-refractivity contribution in [2.75, 3.05) is 0 Å². The van der Waals surface area contributed by atoms with Gasteiger partial charge in [-0.1, -0.05) is 43.5 Å². The fourth-order valence-corrected chi connectivity index (χ4v) is 11.4. The molecule has 3 heterocycles. The van der Waals surface area contributed by atoms with Crippen LogP contribution in [-0.2, 0) is 9.59 Å². The van der Waals surface area contributed by atoms with Crippen molar-refractivity contribution in [3.63, 3.8) is 0 Å². The lowest BCUT2D eigenvalue weighted by Gasteiger charge is -2.26. The van der Waals surface area contributed by atoms with Crippen molar-refractivity contribution >= 4 is 27.7 Å². The SMILES string of the molecule is C[C@@H]1CC[C@@H](C)P1C1=C(P2[C@H](C)CC[C@H]2C)C(=O)NC1=O. The predicted molar refractivity (Wildman–Crippen MR) is 90.3 cm³/mol. The minimum Gasteiger partial charge on any atom is -0.288 e. The third-order valence-corrected chi connectivity index (χ3v) is 12.2. The summed E-state index contributed by atoms with van der Waals surface area (Å²) in [5, 5.41) is 4.52. The van der Waals surface area contributed by atoms with Crippen molar-refractivity contribution in [2.45, 2.75) is 76.0 Å². The van der Waals surface area contributed by atoms with Crippen molar-refractivity contribution in [2.24, 2.45) is 0 Å². The third kappa shape index (κ3) is 2.51. The standard InChI is InChI=1S/C16H25NO2P2/c1-9-5-6-10(2)20(9)13-14(16(19)17-15(13)18)21-11(3)7-8-12(21)4/h9-12H,5-8H2,1-4H3,(H,17,18,19)/t9-,10-,11-,12-/m1/s1. The highest BCUT2D eigenvalue weighted by atomic mass is 31.1. The van der Waals surface area contributed by atoms with Gasteiger partial charge in [-0.3, -0.25) is 14.9 Å². The topological polar surface area (TPSA) is 46.2 Å². The van der Waals surface area contributed by atoms with Gasteiger partial charge in [0.2, 0.25) is 0 Å². The number of carbonyl (C=O) groups excluding carboxylic acids is 2. The Kier molecular flexibility index (Phi) is 4.27. The van der Waals surface area contributed by atoms with Crippen LogP contribution in [0, 0.1) is 0 Å². The summed E-state index contributed by atoms with van der Waals surface area (Å²) in [6.07, 6.45) is 4.81. The second-order valence-electron chi connectivity index (χ2n) is 6.85. The molecule has 0 aromatic rings. The van der Waals surface area contributed by atoms with E-state index >= 15 is 0 Å². The Morgan fingerprint density at radius 3 is 1.29 bits per heavy atom. The van der Waals surface area contributed by atoms with E-state index in [0.717, 1.165) is 10.6 Å². The number of nitrogens with one attached hydrogen (secondary N) is 1. The van der Waals surface area contributed by atoms with Crippen molar-refractivity contribution in [3.8, 4) is 0 Å². The minimum atomic E-state index is -0.465. The molecule has 3 rings (SSSR count). The van der Waals surface area contributed by atoms with Gasteiger partial charge in [0.05, 0.1) is 10.6 Å². The van der Waals surface area contributed by atoms with E-state index in [4.69, 9.17) is 0 Å². The van der Waals surface area contributed by atoms with Crippen LogP contribution in [0.4, 0.5) is 0 Å². The van der Waals surface area contributed by atoms with E-state index in [2.05, 4.69) is 33.0 Å². The average Bonchev–Trinajstić information content (AvgIpc) is 3.00. The van der Waals surface area contributed by atoms with Crippen LogP contribution in [0.5, 0.6) is 0 Å². The van der Waals surface area contributed by atoms with Gasteiger partial charge in [0.25, 0.3) is 11.8 Å². The smallest absolute Gasteiger partial charge is 0.259 e. The second kappa shape index (κ2) is 5.74. The summed E-state index contributed by atoms with van der Waals surface area (Å²) in [5.41, 5.74) is 2.33. The lowest BCUT2D eigenvalue weighted by atomic mass is 10.2. The van der Waals surface area contributed by atoms with E-state index in [1.165, 1.54) is 25.7 Å². The van der Waals surface area contributed by atoms with Gasteiger partial charge in [0.15, 0.2) is 0 Å². The van der Waals surface area contributed by atoms with E-state index < -0.39 is 15.8 Å². The number of amides is 2. The fraction of sp³-hybridized carbons (Fsp3) is 0.750. The summed E-state index contributed by atoms with van der Waals surface area (Å²) < 4.78 is 0. The monoisotopic (exact) mass is 325 g/mol. The van der Waals surface area contributed by atoms with Gasteiger partial charge in [-0.25, -0.2) is 0 Å². The summed E-state index contributed by atoms with van der Waals surface area (Å²) in [6.45, 7) is 9.07. The van der Waals surface area contributed by atoms with Crippen LogP contribution < -0.4 is 5.32 Å². The molecule has 2 fully saturated rings. The summed E-state index contributed by atoms with van der Waals surface area (Å²) in [4.78, 5) is 25.0. The van der Waals surface area contributed by atoms with Crippen LogP contribution >= 0.6 is 15.8 Å². The van der Waals surface area contributed by atoms with Crippen LogP contribution in [0.3, 0.4) is 0 Å². The van der Waals surface area contributed by atoms with Gasteiger partial charge < -0.3 is 0 Å². The molecule has 4 atom stereocenters. The molecule has 2 saturated heterocycles. The van der Waals surface area contributed by atoms with Gasteiger partial charge in [-0.15, -0.1) is 0 Å². The molecule has 0 aromatic heterocycles. The first kappa shape index (κ1) is 15.6. The summed E-state index contributed by atoms with van der Waals surface area (Å²) in [6, 6.07) is 0. The highest BCUT2D eigenvalue weighted by Crippen LogP contribution is 2.69. The Labute approximate surface area is 129 Å². The van der Waals surface area contributed by atoms with Crippen molar-refractivity contribution in [1.82, 2.24) is 5.32 Å². The molecule has 2 amide bonds. The molecule has 3 aliphatic rings. The lowest BCUT2D eigenvalue weighted by molar-refractivity contribution is -0.123. The first-order valence-electron chi connectivity index (χ1n) is 8.08. The third-order valence-electron chi connectivity index (χ3n) is 5.30. The zero-order valence-electron chi connectivity index (χ0n) is 13.3. The Bertz CT molecular complexity index is 452. The average molecular weight is 325 g/mol. The lowest BCUT2D eigenvalue weighted by Crippen LogP contribution is -2.23. The zero-order valence-corrected chi connectivity index (χ0v) is 15.1. The van der Waals surface area contributed by atoms with Gasteiger partial charge in [0.1, 0.15) is 0 Å². The Balaban J connectivity index is 2.07. The van der Waals surface area contributed by atoms with E-state index in [1.807, 2.05) is 0 Å². The second-order valence-corrected chi connectivity index (χ2v) is 12.9. The van der Waals surface area contributed by atoms with Crippen LogP contribution in [-0.4, -0.2) is 34.5 Å². The van der Waals surface area contributed by atoms with E-state index in [-0.39, 0.29) is 11.8 Å². The van der Waals surface area contributed by atoms with E-state index in [0.29, 0.717) is 22.6 Å². The minimum absolute atomic E-state index is 0.0597. The molecular weight excluding hydrogens is 300 g/mol. The summed E-state index contributed by atoms with van der Waals surface area (Å²) in [5.74, 6) is -0.119. The highest BCUT2D eigenvalue weighted by molar-refractivity contribution is 7.70. The van der Waals surface area contributed by atoms with Crippen LogP contribution in [0.15, 0.2) is 10.6 Å². The van der Waals surface area contributed by atoms with Gasteiger partial charge >= 0.3 is 0 Å². The molecule has 0 aromatic carbocycles. The van der Waals surface area contributed by atoms with Gasteiger partial charge in [-0.2, -0.15) is 0 Å². The van der Waals surface area contributed by atoms with Crippen LogP contribution in [0.2, 0.25) is 0 Å². The number of rotatable bonds is 2. The number of hydrogen-bond donors (Lipinski definition) is 1. The summed E-state index contributed by atoms with van der Waals surface area (Å²) in [7, 11) is -0.930. The molecule has 0 saturated carbocycles. The van der Waals surface area contributed by atoms with Gasteiger partial charge in [-0.05, 0) is 48.3 Å².